The summed E-state index contributed by atoms with van der Waals surface area (Å²) in [5, 5.41) is 73.3. The Bertz CT molecular complexity index is 1620. The number of carbonyl (C=O) groups is 1. The zero-order valence-corrected chi connectivity index (χ0v) is 29.9. The van der Waals surface area contributed by atoms with Crippen LogP contribution in [0.25, 0.3) is 0 Å². The first-order valence-electron chi connectivity index (χ1n) is 18.3. The highest BCUT2D eigenvalue weighted by Crippen LogP contribution is 2.74. The first-order valence-corrected chi connectivity index (χ1v) is 18.8. The normalized spacial score (nSPS) is 52.8. The van der Waals surface area contributed by atoms with E-state index in [1.165, 1.54) is 5.54 Å². The average Bonchev–Trinajstić information content (AvgIpc) is 3.80. The molecule has 2 saturated carbocycles. The van der Waals surface area contributed by atoms with Crippen LogP contribution in [0.2, 0.25) is 0 Å². The second kappa shape index (κ2) is 12.0. The Hall–Kier alpha value is -1.94. The van der Waals surface area contributed by atoms with Crippen molar-refractivity contribution in [1.29, 1.82) is 0 Å². The number of epoxide rings is 1. The summed E-state index contributed by atoms with van der Waals surface area (Å²) in [6, 6.07) is 8.79. The van der Waals surface area contributed by atoms with Gasteiger partial charge in [-0.25, -0.2) is 0 Å². The molecule has 0 aromatic heterocycles. The molecule has 15 atom stereocenters. The number of halogens is 1. The summed E-state index contributed by atoms with van der Waals surface area (Å²) >= 11 is 6.42. The van der Waals surface area contributed by atoms with Crippen molar-refractivity contribution in [2.75, 3.05) is 13.2 Å². The fourth-order valence-electron chi connectivity index (χ4n) is 10.7. The molecule has 7 fully saturated rings. The van der Waals surface area contributed by atoms with E-state index in [1.54, 1.807) is 50.3 Å². The lowest BCUT2D eigenvalue weighted by atomic mass is 9.50. The van der Waals surface area contributed by atoms with Crippen molar-refractivity contribution in [3.63, 3.8) is 0 Å². The number of aliphatic hydroxyl groups excluding tert-OH is 3. The van der Waals surface area contributed by atoms with Crippen molar-refractivity contribution in [3.8, 4) is 0 Å². The lowest BCUT2D eigenvalue weighted by Crippen LogP contribution is -2.89. The molecule has 280 valence electrons. The van der Waals surface area contributed by atoms with Crippen LogP contribution in [0, 0.1) is 23.7 Å². The molecule has 1 aromatic carbocycles. The molecule has 5 saturated heterocycles. The Kier molecular flexibility index (Phi) is 8.51. The highest BCUT2D eigenvalue weighted by atomic mass is 35.5. The van der Waals surface area contributed by atoms with Crippen molar-refractivity contribution in [1.82, 2.24) is 0 Å². The zero-order valence-electron chi connectivity index (χ0n) is 29.1. The number of fused-ring (bicyclic) bond motifs is 1. The SMILES string of the molecule is CC1CCCCCCC(C)C(=O)OC2C(=CCl)C=C3C2(O)C(O)C2(CO)OC2C2C4OC5(c6ccccc6)OC(C(C)C32O5)C4(O)C(O)(CO)C1. The molecule has 1 spiro atoms. The number of aliphatic hydroxyl groups is 6. The van der Waals surface area contributed by atoms with Crippen molar-refractivity contribution in [3.05, 3.63) is 58.7 Å². The van der Waals surface area contributed by atoms with E-state index in [0.29, 0.717) is 18.4 Å². The highest BCUT2D eigenvalue weighted by molar-refractivity contribution is 6.26. The molecule has 9 rings (SSSR count). The minimum absolute atomic E-state index is 0.0118. The van der Waals surface area contributed by atoms with Gasteiger partial charge in [0, 0.05) is 28.2 Å². The van der Waals surface area contributed by atoms with Crippen LogP contribution in [0.15, 0.2) is 53.1 Å². The van der Waals surface area contributed by atoms with Gasteiger partial charge in [0.05, 0.1) is 25.0 Å². The van der Waals surface area contributed by atoms with Crippen LogP contribution in [0.1, 0.15) is 71.3 Å². The van der Waals surface area contributed by atoms with E-state index in [9.17, 15) is 35.4 Å². The smallest absolute Gasteiger partial charge is 0.313 e. The third-order valence-electron chi connectivity index (χ3n) is 13.4. The number of hydrogen-bond acceptors (Lipinski definition) is 12. The molecule has 3 aliphatic carbocycles. The maximum atomic E-state index is 13.7. The van der Waals surface area contributed by atoms with Gasteiger partial charge in [-0.15, -0.1) is 0 Å². The van der Waals surface area contributed by atoms with Crippen LogP contribution in [0.4, 0.5) is 0 Å². The monoisotopic (exact) mass is 732 g/mol. The van der Waals surface area contributed by atoms with Crippen LogP contribution in [0.5, 0.6) is 0 Å². The summed E-state index contributed by atoms with van der Waals surface area (Å²) in [5.74, 6) is -5.26. The summed E-state index contributed by atoms with van der Waals surface area (Å²) in [6.45, 7) is 3.89. The number of rotatable bonds is 3. The van der Waals surface area contributed by atoms with Crippen LogP contribution in [-0.4, -0.2) is 108 Å². The minimum atomic E-state index is -2.44. The Balaban J connectivity index is 1.39. The van der Waals surface area contributed by atoms with Crippen molar-refractivity contribution < 1.29 is 59.1 Å². The molecule has 15 unspecified atom stereocenters. The molecule has 8 aliphatic rings. The van der Waals surface area contributed by atoms with Crippen molar-refractivity contribution in [2.45, 2.75) is 130 Å². The van der Waals surface area contributed by atoms with Gasteiger partial charge in [0.15, 0.2) is 11.7 Å². The summed E-state index contributed by atoms with van der Waals surface area (Å²) in [6.07, 6.45) is -1.02. The van der Waals surface area contributed by atoms with Gasteiger partial charge < -0.3 is 54.3 Å². The summed E-state index contributed by atoms with van der Waals surface area (Å²) in [4.78, 5) is 13.7. The van der Waals surface area contributed by atoms with Crippen LogP contribution in [-0.2, 0) is 34.5 Å². The second-order valence-corrected chi connectivity index (χ2v) is 16.5. The van der Waals surface area contributed by atoms with E-state index in [1.807, 2.05) is 6.92 Å². The van der Waals surface area contributed by atoms with Crippen molar-refractivity contribution >= 4 is 17.6 Å². The van der Waals surface area contributed by atoms with Gasteiger partial charge in [-0.1, -0.05) is 94.8 Å². The van der Waals surface area contributed by atoms with Gasteiger partial charge in [0.2, 0.25) is 0 Å². The molecule has 13 heteroatoms. The van der Waals surface area contributed by atoms with Gasteiger partial charge >= 0.3 is 11.9 Å². The molecule has 0 amide bonds. The first-order chi connectivity index (χ1) is 24.2. The zero-order chi connectivity index (χ0) is 36.4. The molecule has 6 N–H and O–H groups in total. The van der Waals surface area contributed by atoms with Crippen LogP contribution in [0.3, 0.4) is 0 Å². The largest absolute Gasteiger partial charge is 0.454 e. The lowest BCUT2D eigenvalue weighted by molar-refractivity contribution is -0.584. The number of carbonyl (C=O) groups excluding carboxylic acids is 1. The van der Waals surface area contributed by atoms with E-state index >= 15 is 0 Å². The predicted molar refractivity (Wildman–Crippen MR) is 180 cm³/mol. The number of ether oxygens (including phenoxy) is 5. The van der Waals surface area contributed by atoms with E-state index < -0.39 is 101 Å². The maximum absolute atomic E-state index is 13.7. The molecule has 8 bridgehead atoms. The molecule has 0 radical (unpaired) electrons. The van der Waals surface area contributed by atoms with Crippen molar-refractivity contribution in [2.24, 2.45) is 23.7 Å². The third kappa shape index (κ3) is 4.53. The van der Waals surface area contributed by atoms with Crippen LogP contribution >= 0.6 is 11.6 Å². The van der Waals surface area contributed by atoms with E-state index in [2.05, 4.69) is 0 Å². The Morgan fingerprint density at radius 3 is 2.25 bits per heavy atom. The topological polar surface area (TPSA) is 188 Å². The standard InChI is InChI=1S/C38H49ClO12/c1-20-11-7-4-5-8-12-21(2)31(42)47-28-23(17-39)15-25-35(28,45)32(43)34(19-41)29(48-34)26-30-37(46,33(44,16-20)18-40)27-22(3)36(25,26)51-38(49-27,50-30)24-13-9-6-10-14-24/h6,9-10,13-15,17,20-22,26-30,32,40-41,43-46H,4-5,7-8,11-12,16,18-19H2,1-3H3. The van der Waals surface area contributed by atoms with Gasteiger partial charge in [0.1, 0.15) is 46.8 Å². The minimum Gasteiger partial charge on any atom is -0.454 e. The quantitative estimate of drug-likeness (QED) is 0.197. The molecule has 12 nitrogen and oxygen atoms in total. The fourth-order valence-corrected chi connectivity index (χ4v) is 10.9. The summed E-state index contributed by atoms with van der Waals surface area (Å²) in [5.41, 5.74) is -8.49. The highest BCUT2D eigenvalue weighted by Gasteiger charge is 2.90. The Labute approximate surface area is 301 Å². The number of esters is 1. The second-order valence-electron chi connectivity index (χ2n) is 16.3. The van der Waals surface area contributed by atoms with Gasteiger partial charge in [-0.2, -0.15) is 0 Å². The molecule has 5 aliphatic heterocycles. The Morgan fingerprint density at radius 1 is 0.902 bits per heavy atom. The number of hydrogen-bond donors (Lipinski definition) is 6. The molecule has 1 aromatic rings. The summed E-state index contributed by atoms with van der Waals surface area (Å²) < 4.78 is 32.9. The Morgan fingerprint density at radius 2 is 1.59 bits per heavy atom. The van der Waals surface area contributed by atoms with E-state index in [4.69, 9.17) is 35.3 Å². The van der Waals surface area contributed by atoms with Gasteiger partial charge in [-0.05, 0) is 24.8 Å². The van der Waals surface area contributed by atoms with Gasteiger partial charge in [-0.3, -0.25) is 4.79 Å². The molecule has 51 heavy (non-hydrogen) atoms. The average molecular weight is 733 g/mol. The van der Waals surface area contributed by atoms with E-state index in [0.717, 1.165) is 25.7 Å². The molecule has 5 heterocycles. The first kappa shape index (κ1) is 36.1. The number of benzene rings is 1. The maximum Gasteiger partial charge on any atom is 0.313 e. The fraction of sp³-hybridized carbons (Fsp3) is 0.711. The lowest BCUT2D eigenvalue weighted by Gasteiger charge is -2.73. The van der Waals surface area contributed by atoms with E-state index in [-0.39, 0.29) is 23.5 Å². The van der Waals surface area contributed by atoms with Crippen LogP contribution < -0.4 is 0 Å². The van der Waals surface area contributed by atoms with Gasteiger partial charge in [0.25, 0.3) is 0 Å². The predicted octanol–water partition coefficient (Wildman–Crippen LogP) is 2.30. The molecular formula is C38H49ClO12. The third-order valence-corrected chi connectivity index (χ3v) is 13.7. The summed E-state index contributed by atoms with van der Waals surface area (Å²) in [7, 11) is 0. The molecular weight excluding hydrogens is 684 g/mol.